The molecule has 1 aromatic rings. The van der Waals surface area contributed by atoms with E-state index in [1.807, 2.05) is 0 Å². The Kier molecular flexibility index (Phi) is 3.30. The van der Waals surface area contributed by atoms with Gasteiger partial charge >= 0.3 is 0 Å². The van der Waals surface area contributed by atoms with Crippen molar-refractivity contribution in [3.8, 4) is 0 Å². The molecule has 0 bridgehead atoms. The van der Waals surface area contributed by atoms with Crippen LogP contribution in [-0.4, -0.2) is 20.5 Å². The number of aryl methyl sites for hydroxylation is 1. The third-order valence-electron chi connectivity index (χ3n) is 3.00. The van der Waals surface area contributed by atoms with Crippen molar-refractivity contribution >= 4 is 11.6 Å². The van der Waals surface area contributed by atoms with Crippen LogP contribution in [0.25, 0.3) is 0 Å². The van der Waals surface area contributed by atoms with Gasteiger partial charge in [0.15, 0.2) is 0 Å². The zero-order chi connectivity index (χ0) is 11.7. The highest BCUT2D eigenvalue weighted by Crippen LogP contribution is 2.22. The molecule has 2 heterocycles. The molecule has 0 spiro atoms. The van der Waals surface area contributed by atoms with Gasteiger partial charge in [-0.3, -0.25) is 9.36 Å². The van der Waals surface area contributed by atoms with Gasteiger partial charge in [0.1, 0.15) is 11.9 Å². The highest BCUT2D eigenvalue weighted by atomic mass is 35.5. The Morgan fingerprint density at radius 2 is 2.38 bits per heavy atom. The van der Waals surface area contributed by atoms with Crippen molar-refractivity contribution in [3.63, 3.8) is 0 Å². The Bertz CT molecular complexity index is 456. The number of aromatic nitrogens is 2. The average Bonchev–Trinajstić information content (AvgIpc) is 2.26. The van der Waals surface area contributed by atoms with Crippen LogP contribution in [0.2, 0.25) is 0 Å². The lowest BCUT2D eigenvalue weighted by atomic mass is 10.1. The highest BCUT2D eigenvalue weighted by Gasteiger charge is 2.22. The van der Waals surface area contributed by atoms with E-state index in [0.717, 1.165) is 6.42 Å². The summed E-state index contributed by atoms with van der Waals surface area (Å²) in [5, 5.41) is 9.78. The fourth-order valence-electron chi connectivity index (χ4n) is 2.15. The lowest BCUT2D eigenvalue weighted by molar-refractivity contribution is 0.130. The van der Waals surface area contributed by atoms with Crippen LogP contribution in [0.4, 0.5) is 0 Å². The Morgan fingerprint density at radius 1 is 1.62 bits per heavy atom. The van der Waals surface area contributed by atoms with Gasteiger partial charge in [-0.1, -0.05) is 0 Å². The van der Waals surface area contributed by atoms with Gasteiger partial charge in [-0.2, -0.15) is 0 Å². The number of halogens is 1. The molecule has 1 N–H and O–H groups in total. The van der Waals surface area contributed by atoms with Gasteiger partial charge < -0.3 is 5.11 Å². The molecule has 1 aliphatic heterocycles. The number of aliphatic hydroxyl groups excluding tert-OH is 1. The molecule has 88 valence electrons. The first-order valence-corrected chi connectivity index (χ1v) is 6.03. The Morgan fingerprint density at radius 3 is 3.06 bits per heavy atom. The van der Waals surface area contributed by atoms with E-state index in [1.165, 1.54) is 0 Å². The lowest BCUT2D eigenvalue weighted by Gasteiger charge is -2.23. The zero-order valence-electron chi connectivity index (χ0n) is 9.24. The number of rotatable bonds is 2. The summed E-state index contributed by atoms with van der Waals surface area (Å²) in [6, 6.07) is 0. The highest BCUT2D eigenvalue weighted by molar-refractivity contribution is 6.17. The minimum absolute atomic E-state index is 0.0399. The van der Waals surface area contributed by atoms with Crippen molar-refractivity contribution in [2.75, 3.05) is 5.88 Å². The maximum absolute atomic E-state index is 12.1. The third kappa shape index (κ3) is 1.87. The van der Waals surface area contributed by atoms with E-state index in [1.54, 1.807) is 11.5 Å². The van der Waals surface area contributed by atoms with E-state index in [2.05, 4.69) is 4.98 Å². The van der Waals surface area contributed by atoms with E-state index in [0.29, 0.717) is 42.3 Å². The molecule has 5 heteroatoms. The molecule has 0 saturated heterocycles. The van der Waals surface area contributed by atoms with Crippen LogP contribution in [0.5, 0.6) is 0 Å². The maximum atomic E-state index is 12.1. The Balaban J connectivity index is 2.58. The first kappa shape index (κ1) is 11.6. The Labute approximate surface area is 98.9 Å². The van der Waals surface area contributed by atoms with Crippen molar-refractivity contribution in [2.45, 2.75) is 38.8 Å². The second-order valence-corrected chi connectivity index (χ2v) is 4.47. The second kappa shape index (κ2) is 4.55. The molecule has 0 aliphatic carbocycles. The molecule has 0 saturated carbocycles. The molecule has 0 radical (unpaired) electrons. The van der Waals surface area contributed by atoms with E-state index >= 15 is 0 Å². The van der Waals surface area contributed by atoms with Gasteiger partial charge in [-0.25, -0.2) is 4.98 Å². The topological polar surface area (TPSA) is 55.1 Å². The smallest absolute Gasteiger partial charge is 0.257 e. The number of fused-ring (bicyclic) bond motifs is 1. The minimum atomic E-state index is -0.606. The van der Waals surface area contributed by atoms with Gasteiger partial charge in [0, 0.05) is 23.7 Å². The zero-order valence-corrected chi connectivity index (χ0v) is 10.00. The van der Waals surface area contributed by atoms with Gasteiger partial charge in [-0.05, 0) is 26.2 Å². The van der Waals surface area contributed by atoms with Gasteiger partial charge in [0.25, 0.3) is 5.56 Å². The summed E-state index contributed by atoms with van der Waals surface area (Å²) < 4.78 is 1.59. The van der Waals surface area contributed by atoms with Crippen LogP contribution in [0, 0.1) is 6.92 Å². The molecule has 2 rings (SSSR count). The summed E-state index contributed by atoms with van der Waals surface area (Å²) in [6.07, 6.45) is 1.43. The minimum Gasteiger partial charge on any atom is -0.385 e. The fraction of sp³-hybridized carbons (Fsp3) is 0.636. The molecule has 0 aromatic carbocycles. The van der Waals surface area contributed by atoms with Crippen LogP contribution in [0.15, 0.2) is 4.79 Å². The molecule has 0 fully saturated rings. The quantitative estimate of drug-likeness (QED) is 0.792. The molecular formula is C11H15ClN2O2. The number of hydrogen-bond donors (Lipinski definition) is 1. The molecule has 1 aromatic heterocycles. The van der Waals surface area contributed by atoms with Gasteiger partial charge in [-0.15, -0.1) is 11.6 Å². The van der Waals surface area contributed by atoms with Crippen molar-refractivity contribution in [2.24, 2.45) is 0 Å². The second-order valence-electron chi connectivity index (χ2n) is 4.09. The summed E-state index contributed by atoms with van der Waals surface area (Å²) in [5.41, 5.74) is 1.33. The monoisotopic (exact) mass is 242 g/mol. The summed E-state index contributed by atoms with van der Waals surface area (Å²) in [6.45, 7) is 2.44. The molecule has 1 aliphatic rings. The molecule has 16 heavy (non-hydrogen) atoms. The number of aliphatic hydroxyl groups is 1. The SMILES string of the molecule is Cc1nc2n(c(=O)c1CCCl)CCC[C@@H]2O. The number of nitrogens with zero attached hydrogens (tertiary/aromatic N) is 2. The number of alkyl halides is 1. The predicted molar refractivity (Wildman–Crippen MR) is 61.9 cm³/mol. The van der Waals surface area contributed by atoms with Crippen LogP contribution < -0.4 is 5.56 Å². The van der Waals surface area contributed by atoms with E-state index in [9.17, 15) is 9.90 Å². The van der Waals surface area contributed by atoms with Gasteiger partial charge in [0.2, 0.25) is 0 Å². The first-order chi connectivity index (χ1) is 7.65. The molecule has 0 unspecified atom stereocenters. The van der Waals surface area contributed by atoms with Crippen LogP contribution in [-0.2, 0) is 13.0 Å². The first-order valence-electron chi connectivity index (χ1n) is 5.49. The predicted octanol–water partition coefficient (Wildman–Crippen LogP) is 1.16. The van der Waals surface area contributed by atoms with Crippen LogP contribution in [0.1, 0.15) is 36.0 Å². The van der Waals surface area contributed by atoms with Crippen molar-refractivity contribution in [3.05, 3.63) is 27.4 Å². The maximum Gasteiger partial charge on any atom is 0.257 e. The molecular weight excluding hydrogens is 228 g/mol. The molecule has 1 atom stereocenters. The molecule has 4 nitrogen and oxygen atoms in total. The summed E-state index contributed by atoms with van der Waals surface area (Å²) >= 11 is 5.67. The Hall–Kier alpha value is -0.870. The van der Waals surface area contributed by atoms with Gasteiger partial charge in [0.05, 0.1) is 0 Å². The van der Waals surface area contributed by atoms with Crippen molar-refractivity contribution in [1.29, 1.82) is 0 Å². The molecule has 0 amide bonds. The fourth-order valence-corrected chi connectivity index (χ4v) is 2.34. The van der Waals surface area contributed by atoms with Crippen molar-refractivity contribution < 1.29 is 5.11 Å². The van der Waals surface area contributed by atoms with Crippen LogP contribution in [0.3, 0.4) is 0 Å². The van der Waals surface area contributed by atoms with E-state index in [4.69, 9.17) is 11.6 Å². The standard InChI is InChI=1S/C11H15ClN2O2/c1-7-8(4-5-12)11(16)14-6-2-3-9(15)10(14)13-7/h9,15H,2-6H2,1H3/t9-/m0/s1. The van der Waals surface area contributed by atoms with E-state index in [-0.39, 0.29) is 5.56 Å². The summed E-state index contributed by atoms with van der Waals surface area (Å²) in [5.74, 6) is 0.923. The largest absolute Gasteiger partial charge is 0.385 e. The summed E-state index contributed by atoms with van der Waals surface area (Å²) in [4.78, 5) is 16.5. The van der Waals surface area contributed by atoms with Crippen LogP contribution >= 0.6 is 11.6 Å². The third-order valence-corrected chi connectivity index (χ3v) is 3.19. The normalized spacial score (nSPS) is 19.6. The average molecular weight is 243 g/mol. The number of hydrogen-bond acceptors (Lipinski definition) is 3. The van der Waals surface area contributed by atoms with Crippen molar-refractivity contribution in [1.82, 2.24) is 9.55 Å². The lowest BCUT2D eigenvalue weighted by Crippen LogP contribution is -2.33. The van der Waals surface area contributed by atoms with E-state index < -0.39 is 6.10 Å². The summed E-state index contributed by atoms with van der Waals surface area (Å²) in [7, 11) is 0.